The first kappa shape index (κ1) is 23.3. The number of benzene rings is 3. The van der Waals surface area contributed by atoms with Crippen molar-refractivity contribution in [1.82, 2.24) is 4.31 Å². The molecule has 0 aliphatic carbocycles. The fourth-order valence-electron chi connectivity index (χ4n) is 3.25. The van der Waals surface area contributed by atoms with E-state index in [4.69, 9.17) is 0 Å². The maximum Gasteiger partial charge on any atom is 0.282 e. The Morgan fingerprint density at radius 1 is 0.844 bits per heavy atom. The smallest absolute Gasteiger partial charge is 0.282 e. The van der Waals surface area contributed by atoms with Gasteiger partial charge in [0.2, 0.25) is 10.0 Å². The topological polar surface area (TPSA) is 95.0 Å². The summed E-state index contributed by atoms with van der Waals surface area (Å²) in [4.78, 5) is 24.6. The Bertz CT molecular complexity index is 1230. The number of hydrogen-bond donors (Lipinski definition) is 1. The zero-order valence-corrected chi connectivity index (χ0v) is 18.6. The van der Waals surface area contributed by atoms with Crippen molar-refractivity contribution in [2.75, 3.05) is 12.1 Å². The molecule has 0 atom stereocenters. The standard InChI is InChI=1S/C24H24N2O5S/c1-18(27)22-13-6-7-14-23(22)24(28)26(29)21-12-8-11-20(15-21)16-25(2)32(30,31)17-19-9-4-3-5-10-19/h3-15,29H,16-17H2,1-2H3. The van der Waals surface area contributed by atoms with Crippen LogP contribution in [0.2, 0.25) is 0 Å². The summed E-state index contributed by atoms with van der Waals surface area (Å²) in [5.74, 6) is -1.17. The molecule has 1 N–H and O–H groups in total. The van der Waals surface area contributed by atoms with Crippen LogP contribution in [-0.2, 0) is 22.3 Å². The van der Waals surface area contributed by atoms with E-state index in [1.54, 1.807) is 48.5 Å². The molecule has 3 aromatic carbocycles. The number of rotatable bonds is 8. The minimum Gasteiger partial charge on any atom is -0.294 e. The molecule has 0 aliphatic rings. The van der Waals surface area contributed by atoms with Crippen molar-refractivity contribution in [3.8, 4) is 0 Å². The summed E-state index contributed by atoms with van der Waals surface area (Å²) >= 11 is 0. The number of carbonyl (C=O) groups excluding carboxylic acids is 2. The molecule has 0 fully saturated rings. The van der Waals surface area contributed by atoms with Crippen molar-refractivity contribution in [1.29, 1.82) is 0 Å². The highest BCUT2D eigenvalue weighted by molar-refractivity contribution is 7.88. The quantitative estimate of drug-likeness (QED) is 0.318. The highest BCUT2D eigenvalue weighted by Gasteiger charge is 2.22. The average molecular weight is 453 g/mol. The predicted octanol–water partition coefficient (Wildman–Crippen LogP) is 3.89. The third kappa shape index (κ3) is 5.47. The minimum atomic E-state index is -3.57. The van der Waals surface area contributed by atoms with Crippen LogP contribution in [0.15, 0.2) is 78.9 Å². The summed E-state index contributed by atoms with van der Waals surface area (Å²) in [6.07, 6.45) is 0. The number of hydroxylamine groups is 1. The molecule has 3 rings (SSSR count). The van der Waals surface area contributed by atoms with Crippen molar-refractivity contribution in [2.45, 2.75) is 19.2 Å². The third-order valence-corrected chi connectivity index (χ3v) is 6.73. The second kappa shape index (κ2) is 9.86. The van der Waals surface area contributed by atoms with Crippen LogP contribution in [0, 0.1) is 0 Å². The van der Waals surface area contributed by atoms with E-state index >= 15 is 0 Å². The monoisotopic (exact) mass is 452 g/mol. The first-order valence-corrected chi connectivity index (χ1v) is 11.5. The zero-order valence-electron chi connectivity index (χ0n) is 17.8. The summed E-state index contributed by atoms with van der Waals surface area (Å²) < 4.78 is 26.6. The van der Waals surface area contributed by atoms with E-state index in [1.807, 2.05) is 6.07 Å². The van der Waals surface area contributed by atoms with E-state index in [0.717, 1.165) is 0 Å². The molecule has 0 aromatic heterocycles. The number of carbonyl (C=O) groups is 2. The van der Waals surface area contributed by atoms with Gasteiger partial charge in [-0.1, -0.05) is 60.7 Å². The van der Waals surface area contributed by atoms with Crippen LogP contribution < -0.4 is 5.06 Å². The van der Waals surface area contributed by atoms with Crippen LogP contribution in [0.5, 0.6) is 0 Å². The Kier molecular flexibility index (Phi) is 7.19. The molecule has 8 heteroatoms. The zero-order chi connectivity index (χ0) is 23.3. The van der Waals surface area contributed by atoms with Crippen molar-refractivity contribution in [3.05, 3.63) is 101 Å². The second-order valence-corrected chi connectivity index (χ2v) is 9.46. The fraction of sp³-hybridized carbons (Fsp3) is 0.167. The number of amides is 1. The first-order valence-electron chi connectivity index (χ1n) is 9.89. The summed E-state index contributed by atoms with van der Waals surface area (Å²) in [5.41, 5.74) is 1.73. The number of Topliss-reactive ketones (excluding diaryl/α,β-unsaturated/α-hetero) is 1. The Balaban J connectivity index is 1.78. The van der Waals surface area contributed by atoms with Crippen molar-refractivity contribution in [3.63, 3.8) is 0 Å². The number of hydrogen-bond acceptors (Lipinski definition) is 5. The molecular weight excluding hydrogens is 428 g/mol. The van der Waals surface area contributed by atoms with Gasteiger partial charge in [0.15, 0.2) is 5.78 Å². The van der Waals surface area contributed by atoms with E-state index < -0.39 is 15.9 Å². The van der Waals surface area contributed by atoms with E-state index in [-0.39, 0.29) is 34.9 Å². The molecule has 0 saturated heterocycles. The largest absolute Gasteiger partial charge is 0.294 e. The molecule has 0 aliphatic heterocycles. The predicted molar refractivity (Wildman–Crippen MR) is 122 cm³/mol. The molecule has 1 amide bonds. The number of nitrogens with zero attached hydrogens (tertiary/aromatic N) is 2. The van der Waals surface area contributed by atoms with E-state index in [9.17, 15) is 23.2 Å². The molecule has 0 unspecified atom stereocenters. The van der Waals surface area contributed by atoms with Crippen molar-refractivity contribution >= 4 is 27.4 Å². The lowest BCUT2D eigenvalue weighted by atomic mass is 10.0. The van der Waals surface area contributed by atoms with Gasteiger partial charge in [0.1, 0.15) is 0 Å². The van der Waals surface area contributed by atoms with Crippen LogP contribution in [0.1, 0.15) is 38.8 Å². The van der Waals surface area contributed by atoms with E-state index in [1.165, 1.54) is 42.5 Å². The Hall–Kier alpha value is -3.33. The van der Waals surface area contributed by atoms with Crippen LogP contribution in [0.25, 0.3) is 0 Å². The van der Waals surface area contributed by atoms with Gasteiger partial charge < -0.3 is 0 Å². The van der Waals surface area contributed by atoms with Crippen LogP contribution in [0.3, 0.4) is 0 Å². The number of sulfonamides is 1. The Morgan fingerprint density at radius 3 is 2.09 bits per heavy atom. The lowest BCUT2D eigenvalue weighted by Gasteiger charge is -2.20. The third-order valence-electron chi connectivity index (χ3n) is 4.96. The highest BCUT2D eigenvalue weighted by atomic mass is 32.2. The van der Waals surface area contributed by atoms with Gasteiger partial charge in [0, 0.05) is 19.2 Å². The van der Waals surface area contributed by atoms with Gasteiger partial charge in [-0.3, -0.25) is 14.8 Å². The highest BCUT2D eigenvalue weighted by Crippen LogP contribution is 2.21. The molecule has 166 valence electrons. The Labute approximate surface area is 187 Å². The van der Waals surface area contributed by atoms with Crippen LogP contribution >= 0.6 is 0 Å². The van der Waals surface area contributed by atoms with Crippen LogP contribution in [-0.4, -0.2) is 36.7 Å². The second-order valence-electron chi connectivity index (χ2n) is 7.39. The molecule has 0 saturated carbocycles. The Morgan fingerprint density at radius 2 is 1.44 bits per heavy atom. The molecule has 0 bridgehead atoms. The molecule has 0 spiro atoms. The fourth-order valence-corrected chi connectivity index (χ4v) is 4.42. The van der Waals surface area contributed by atoms with Crippen molar-refractivity contribution in [2.24, 2.45) is 0 Å². The van der Waals surface area contributed by atoms with Crippen LogP contribution in [0.4, 0.5) is 5.69 Å². The van der Waals surface area contributed by atoms with E-state index in [2.05, 4.69) is 0 Å². The summed E-state index contributed by atoms with van der Waals surface area (Å²) in [6.45, 7) is 1.41. The van der Waals surface area contributed by atoms with E-state index in [0.29, 0.717) is 16.2 Å². The first-order chi connectivity index (χ1) is 15.2. The van der Waals surface area contributed by atoms with Gasteiger partial charge in [-0.25, -0.2) is 12.7 Å². The molecule has 7 nitrogen and oxygen atoms in total. The maximum absolute atomic E-state index is 12.8. The normalized spacial score (nSPS) is 11.4. The summed E-state index contributed by atoms with van der Waals surface area (Å²) in [7, 11) is -2.08. The van der Waals surface area contributed by atoms with Gasteiger partial charge in [-0.15, -0.1) is 0 Å². The lowest BCUT2D eigenvalue weighted by molar-refractivity contribution is 0.0848. The minimum absolute atomic E-state index is 0.0646. The number of anilines is 1. The van der Waals surface area contributed by atoms with Gasteiger partial charge in [0.05, 0.1) is 17.0 Å². The molecule has 0 heterocycles. The molecular formula is C24H24N2O5S. The van der Waals surface area contributed by atoms with Gasteiger partial charge in [0.25, 0.3) is 5.91 Å². The van der Waals surface area contributed by atoms with Gasteiger partial charge >= 0.3 is 0 Å². The van der Waals surface area contributed by atoms with Crippen molar-refractivity contribution < 1.29 is 23.2 Å². The number of ketones is 1. The molecule has 32 heavy (non-hydrogen) atoms. The van der Waals surface area contributed by atoms with Gasteiger partial charge in [-0.2, -0.15) is 5.06 Å². The average Bonchev–Trinajstić information content (AvgIpc) is 2.78. The lowest BCUT2D eigenvalue weighted by Crippen LogP contribution is -2.29. The molecule has 0 radical (unpaired) electrons. The maximum atomic E-state index is 12.8. The van der Waals surface area contributed by atoms with Gasteiger partial charge in [-0.05, 0) is 36.2 Å². The molecule has 3 aromatic rings. The summed E-state index contributed by atoms with van der Waals surface area (Å²) in [6, 6.07) is 21.5. The SMILES string of the molecule is CC(=O)c1ccccc1C(=O)N(O)c1cccc(CN(C)S(=O)(=O)Cc2ccccc2)c1. The summed E-state index contributed by atoms with van der Waals surface area (Å²) in [5, 5.41) is 11.0.